The molecule has 3 rings (SSSR count). The number of anilines is 1. The molecule has 0 aliphatic rings. The van der Waals surface area contributed by atoms with E-state index in [2.05, 4.69) is 10.0 Å². The summed E-state index contributed by atoms with van der Waals surface area (Å²) < 4.78 is 27.4. The second kappa shape index (κ2) is 8.65. The molecule has 0 saturated heterocycles. The molecule has 0 radical (unpaired) electrons. The van der Waals surface area contributed by atoms with Gasteiger partial charge in [0.05, 0.1) is 15.6 Å². The number of carbonyl (C=O) groups is 1. The molecule has 0 heterocycles. The van der Waals surface area contributed by atoms with E-state index in [9.17, 15) is 13.2 Å². The minimum Gasteiger partial charge on any atom is -0.348 e. The van der Waals surface area contributed by atoms with Gasteiger partial charge in [-0.15, -0.1) is 0 Å². The number of carbonyl (C=O) groups excluding carboxylic acids is 1. The Kier molecular flexibility index (Phi) is 6.24. The van der Waals surface area contributed by atoms with E-state index in [1.807, 2.05) is 12.1 Å². The number of sulfonamides is 1. The van der Waals surface area contributed by atoms with Gasteiger partial charge in [0.2, 0.25) is 0 Å². The maximum absolute atomic E-state index is 12.5. The predicted octanol–water partition coefficient (Wildman–Crippen LogP) is 4.72. The summed E-state index contributed by atoms with van der Waals surface area (Å²) >= 11 is 11.8. The lowest BCUT2D eigenvalue weighted by molar-refractivity contribution is 0.0951. The van der Waals surface area contributed by atoms with Crippen LogP contribution in [0, 0.1) is 0 Å². The van der Waals surface area contributed by atoms with Crippen LogP contribution in [0.2, 0.25) is 10.0 Å². The molecule has 0 aliphatic carbocycles. The molecular formula is C20H16Cl2N2O3S. The van der Waals surface area contributed by atoms with Gasteiger partial charge in [-0.25, -0.2) is 8.42 Å². The van der Waals surface area contributed by atoms with E-state index in [4.69, 9.17) is 23.2 Å². The molecule has 0 aliphatic heterocycles. The van der Waals surface area contributed by atoms with Crippen LogP contribution in [0.3, 0.4) is 0 Å². The molecule has 3 aromatic carbocycles. The molecule has 0 unspecified atom stereocenters. The molecule has 8 heteroatoms. The van der Waals surface area contributed by atoms with E-state index < -0.39 is 10.0 Å². The summed E-state index contributed by atoms with van der Waals surface area (Å²) in [5.74, 6) is -0.307. The molecule has 0 bridgehead atoms. The van der Waals surface area contributed by atoms with Crippen LogP contribution in [-0.2, 0) is 16.6 Å². The number of para-hydroxylation sites is 1. The third-order valence-electron chi connectivity index (χ3n) is 3.91. The van der Waals surface area contributed by atoms with Crippen LogP contribution in [0.4, 0.5) is 5.69 Å². The minimum absolute atomic E-state index is 0.0293. The molecule has 0 saturated carbocycles. The van der Waals surface area contributed by atoms with Crippen molar-refractivity contribution in [3.8, 4) is 0 Å². The van der Waals surface area contributed by atoms with Crippen LogP contribution in [0.1, 0.15) is 15.9 Å². The molecule has 1 amide bonds. The number of hydrogen-bond acceptors (Lipinski definition) is 3. The van der Waals surface area contributed by atoms with Gasteiger partial charge in [-0.3, -0.25) is 9.52 Å². The van der Waals surface area contributed by atoms with E-state index in [0.29, 0.717) is 22.2 Å². The van der Waals surface area contributed by atoms with Crippen molar-refractivity contribution in [2.45, 2.75) is 11.4 Å². The fourth-order valence-electron chi connectivity index (χ4n) is 2.42. The third-order valence-corrected chi connectivity index (χ3v) is 5.87. The lowest BCUT2D eigenvalue weighted by atomic mass is 10.2. The van der Waals surface area contributed by atoms with Gasteiger partial charge in [-0.1, -0.05) is 47.5 Å². The molecule has 0 atom stereocenters. The zero-order valence-corrected chi connectivity index (χ0v) is 16.9. The molecule has 2 N–H and O–H groups in total. The summed E-state index contributed by atoms with van der Waals surface area (Å²) in [6, 6.07) is 19.3. The first kappa shape index (κ1) is 20.2. The molecule has 0 fully saturated rings. The second-order valence-electron chi connectivity index (χ2n) is 5.92. The molecular weight excluding hydrogens is 419 g/mol. The zero-order chi connectivity index (χ0) is 20.1. The summed E-state index contributed by atoms with van der Waals surface area (Å²) in [6.45, 7) is 0.337. The number of rotatable bonds is 6. The van der Waals surface area contributed by atoms with Gasteiger partial charge in [0.25, 0.3) is 15.9 Å². The first-order chi connectivity index (χ1) is 13.3. The number of hydrogen-bond donors (Lipinski definition) is 2. The summed E-state index contributed by atoms with van der Waals surface area (Å²) in [7, 11) is -3.82. The zero-order valence-electron chi connectivity index (χ0n) is 14.5. The molecule has 144 valence electrons. The first-order valence-electron chi connectivity index (χ1n) is 8.25. The van der Waals surface area contributed by atoms with Gasteiger partial charge in [-0.05, 0) is 54.1 Å². The maximum atomic E-state index is 12.5. The fourth-order valence-corrected chi connectivity index (χ4v) is 3.86. The maximum Gasteiger partial charge on any atom is 0.261 e. The highest BCUT2D eigenvalue weighted by Crippen LogP contribution is 2.24. The minimum atomic E-state index is -3.82. The van der Waals surface area contributed by atoms with Gasteiger partial charge >= 0.3 is 0 Å². The summed E-state index contributed by atoms with van der Waals surface area (Å²) in [5, 5.41) is 3.69. The number of amides is 1. The molecule has 0 aromatic heterocycles. The molecule has 0 spiro atoms. The Morgan fingerprint density at radius 3 is 2.14 bits per heavy atom. The van der Waals surface area contributed by atoms with Gasteiger partial charge in [0, 0.05) is 17.1 Å². The Labute approximate surface area is 173 Å². The predicted molar refractivity (Wildman–Crippen MR) is 111 cm³/mol. The standard InChI is InChI=1S/C20H16Cl2N2O3S/c21-16-9-5-14(6-10-16)13-23-20(25)15-7-11-17(12-8-15)28(26,27)24-19-4-2-1-3-18(19)22/h1-12,24H,13H2,(H,23,25). The van der Waals surface area contributed by atoms with E-state index >= 15 is 0 Å². The van der Waals surface area contributed by atoms with E-state index in [1.165, 1.54) is 24.3 Å². The Morgan fingerprint density at radius 2 is 1.50 bits per heavy atom. The van der Waals surface area contributed by atoms with Crippen molar-refractivity contribution in [3.05, 3.63) is 94.0 Å². The lowest BCUT2D eigenvalue weighted by Gasteiger charge is -2.10. The highest BCUT2D eigenvalue weighted by molar-refractivity contribution is 7.92. The third kappa shape index (κ3) is 5.04. The Hall–Kier alpha value is -2.54. The highest BCUT2D eigenvalue weighted by Gasteiger charge is 2.16. The quantitative estimate of drug-likeness (QED) is 0.588. The SMILES string of the molecule is O=C(NCc1ccc(Cl)cc1)c1ccc(S(=O)(=O)Nc2ccccc2Cl)cc1. The molecule has 28 heavy (non-hydrogen) atoms. The lowest BCUT2D eigenvalue weighted by Crippen LogP contribution is -2.23. The normalized spacial score (nSPS) is 11.1. The van der Waals surface area contributed by atoms with Crippen molar-refractivity contribution in [1.29, 1.82) is 0 Å². The van der Waals surface area contributed by atoms with Crippen LogP contribution in [0.5, 0.6) is 0 Å². The first-order valence-corrected chi connectivity index (χ1v) is 10.5. The van der Waals surface area contributed by atoms with Crippen LogP contribution >= 0.6 is 23.2 Å². The van der Waals surface area contributed by atoms with Gasteiger partial charge in [-0.2, -0.15) is 0 Å². The van der Waals surface area contributed by atoms with E-state index in [0.717, 1.165) is 5.56 Å². The van der Waals surface area contributed by atoms with Crippen molar-refractivity contribution in [2.24, 2.45) is 0 Å². The molecule has 3 aromatic rings. The van der Waals surface area contributed by atoms with E-state index in [1.54, 1.807) is 36.4 Å². The Bertz CT molecular complexity index is 1080. The largest absolute Gasteiger partial charge is 0.348 e. The van der Waals surface area contributed by atoms with E-state index in [-0.39, 0.29) is 16.5 Å². The summed E-state index contributed by atoms with van der Waals surface area (Å²) in [5.41, 5.74) is 1.54. The fraction of sp³-hybridized carbons (Fsp3) is 0.0500. The number of halogens is 2. The van der Waals surface area contributed by atoms with Crippen molar-refractivity contribution >= 4 is 44.8 Å². The number of benzene rings is 3. The van der Waals surface area contributed by atoms with Crippen molar-refractivity contribution < 1.29 is 13.2 Å². The summed E-state index contributed by atoms with van der Waals surface area (Å²) in [4.78, 5) is 12.3. The van der Waals surface area contributed by atoms with Crippen LogP contribution in [0.25, 0.3) is 0 Å². The van der Waals surface area contributed by atoms with Gasteiger partial charge in [0.1, 0.15) is 0 Å². The van der Waals surface area contributed by atoms with Crippen LogP contribution < -0.4 is 10.0 Å². The second-order valence-corrected chi connectivity index (χ2v) is 8.44. The number of nitrogens with one attached hydrogen (secondary N) is 2. The average Bonchev–Trinajstić information content (AvgIpc) is 2.69. The van der Waals surface area contributed by atoms with Gasteiger partial charge in [0.15, 0.2) is 0 Å². The Morgan fingerprint density at radius 1 is 0.857 bits per heavy atom. The Balaban J connectivity index is 1.67. The van der Waals surface area contributed by atoms with Gasteiger partial charge < -0.3 is 5.32 Å². The highest BCUT2D eigenvalue weighted by atomic mass is 35.5. The van der Waals surface area contributed by atoms with Crippen molar-refractivity contribution in [1.82, 2.24) is 5.32 Å². The van der Waals surface area contributed by atoms with Crippen LogP contribution in [0.15, 0.2) is 77.7 Å². The monoisotopic (exact) mass is 434 g/mol. The van der Waals surface area contributed by atoms with Crippen molar-refractivity contribution in [3.63, 3.8) is 0 Å². The average molecular weight is 435 g/mol. The topological polar surface area (TPSA) is 75.3 Å². The summed E-state index contributed by atoms with van der Waals surface area (Å²) in [6.07, 6.45) is 0. The molecule has 5 nitrogen and oxygen atoms in total. The van der Waals surface area contributed by atoms with Crippen LogP contribution in [-0.4, -0.2) is 14.3 Å². The van der Waals surface area contributed by atoms with Crippen molar-refractivity contribution in [2.75, 3.05) is 4.72 Å². The smallest absolute Gasteiger partial charge is 0.261 e.